The van der Waals surface area contributed by atoms with Crippen LogP contribution in [0.2, 0.25) is 0 Å². The van der Waals surface area contributed by atoms with Crippen LogP contribution in [0, 0.1) is 5.82 Å². The summed E-state index contributed by atoms with van der Waals surface area (Å²) < 4.78 is 38.1. The molecule has 0 fully saturated rings. The Labute approximate surface area is 93.4 Å². The molecule has 0 amide bonds. The Kier molecular flexibility index (Phi) is 4.36. The van der Waals surface area contributed by atoms with E-state index in [2.05, 4.69) is 9.56 Å². The summed E-state index contributed by atoms with van der Waals surface area (Å²) in [4.78, 5) is 4.41. The lowest BCUT2D eigenvalue weighted by Gasteiger charge is -2.10. The van der Waals surface area contributed by atoms with Crippen molar-refractivity contribution >= 4 is 10.0 Å². The van der Waals surface area contributed by atoms with E-state index in [1.54, 1.807) is 6.92 Å². The molecule has 0 aliphatic heterocycles. The molecule has 3 N–H and O–H groups in total. The van der Waals surface area contributed by atoms with Crippen LogP contribution in [0.15, 0.2) is 29.2 Å². The lowest BCUT2D eigenvalue weighted by atomic mass is 10.4. The van der Waals surface area contributed by atoms with Crippen LogP contribution in [0.3, 0.4) is 0 Å². The van der Waals surface area contributed by atoms with E-state index in [-0.39, 0.29) is 11.4 Å². The predicted octanol–water partition coefficient (Wildman–Crippen LogP) is 0.383. The number of nitrogens with two attached hydrogens (primary N) is 1. The Morgan fingerprint density at radius 1 is 1.44 bits per heavy atom. The fraction of sp³-hybridized carbons (Fsp3) is 0.333. The number of hydrogen-bond acceptors (Lipinski definition) is 4. The molecule has 0 saturated heterocycles. The largest absolute Gasteiger partial charge is 0.300 e. The van der Waals surface area contributed by atoms with Gasteiger partial charge in [0, 0.05) is 6.54 Å². The number of sulfonamides is 1. The Morgan fingerprint density at radius 3 is 2.50 bits per heavy atom. The second-order valence-electron chi connectivity index (χ2n) is 3.25. The van der Waals surface area contributed by atoms with Gasteiger partial charge in [0.25, 0.3) is 0 Å². The molecule has 0 bridgehead atoms. The van der Waals surface area contributed by atoms with E-state index in [9.17, 15) is 12.8 Å². The summed E-state index contributed by atoms with van der Waals surface area (Å²) in [5.41, 5.74) is 0. The van der Waals surface area contributed by atoms with E-state index >= 15 is 0 Å². The average Bonchev–Trinajstić information content (AvgIpc) is 2.26. The van der Waals surface area contributed by atoms with E-state index in [1.807, 2.05) is 0 Å². The van der Waals surface area contributed by atoms with Gasteiger partial charge in [0.1, 0.15) is 5.82 Å². The van der Waals surface area contributed by atoms with Crippen molar-refractivity contribution in [2.75, 3.05) is 6.54 Å². The number of hydrogen-bond donors (Lipinski definition) is 2. The zero-order valence-corrected chi connectivity index (χ0v) is 9.50. The second kappa shape index (κ2) is 5.35. The molecule has 16 heavy (non-hydrogen) atoms. The molecule has 1 rings (SSSR count). The van der Waals surface area contributed by atoms with Gasteiger partial charge in [0.2, 0.25) is 10.0 Å². The third-order valence-corrected chi connectivity index (χ3v) is 3.36. The Hall–Kier alpha value is -1.02. The summed E-state index contributed by atoms with van der Waals surface area (Å²) in [6, 6.07) is 4.53. The quantitative estimate of drug-likeness (QED) is 0.738. The summed E-state index contributed by atoms with van der Waals surface area (Å²) in [5.74, 6) is 4.39. The maximum absolute atomic E-state index is 12.6. The van der Waals surface area contributed by atoms with Crippen molar-refractivity contribution in [3.05, 3.63) is 30.1 Å². The van der Waals surface area contributed by atoms with Gasteiger partial charge in [-0.15, -0.1) is 0 Å². The van der Waals surface area contributed by atoms with Crippen molar-refractivity contribution in [1.29, 1.82) is 0 Å². The molecule has 1 aromatic rings. The van der Waals surface area contributed by atoms with Gasteiger partial charge < -0.3 is 4.84 Å². The zero-order valence-electron chi connectivity index (χ0n) is 8.68. The first-order chi connectivity index (χ1) is 7.45. The highest BCUT2D eigenvalue weighted by molar-refractivity contribution is 7.89. The number of halogens is 1. The summed E-state index contributed by atoms with van der Waals surface area (Å²) in [5, 5.41) is 0. The lowest BCUT2D eigenvalue weighted by Crippen LogP contribution is -2.33. The standard InChI is InChI=1S/C9H13FN2O3S/c1-7(15-11)6-12-16(13,14)9-4-2-8(10)3-5-9/h2-5,7,12H,6,11H2,1H3. The number of benzene rings is 1. The van der Waals surface area contributed by atoms with Crippen molar-refractivity contribution in [3.63, 3.8) is 0 Å². The molecule has 0 aliphatic carbocycles. The van der Waals surface area contributed by atoms with E-state index in [4.69, 9.17) is 5.90 Å². The van der Waals surface area contributed by atoms with Gasteiger partial charge in [0.05, 0.1) is 11.0 Å². The molecule has 0 heterocycles. The third kappa shape index (κ3) is 3.53. The highest BCUT2D eigenvalue weighted by Gasteiger charge is 2.14. The van der Waals surface area contributed by atoms with Crippen molar-refractivity contribution in [2.45, 2.75) is 17.9 Å². The maximum atomic E-state index is 12.6. The van der Waals surface area contributed by atoms with Crippen LogP contribution in [-0.2, 0) is 14.9 Å². The monoisotopic (exact) mass is 248 g/mol. The molecule has 0 aromatic heterocycles. The van der Waals surface area contributed by atoms with Gasteiger partial charge >= 0.3 is 0 Å². The molecule has 5 nitrogen and oxygen atoms in total. The van der Waals surface area contributed by atoms with Crippen LogP contribution in [0.1, 0.15) is 6.92 Å². The topological polar surface area (TPSA) is 81.4 Å². The van der Waals surface area contributed by atoms with Crippen LogP contribution in [0.25, 0.3) is 0 Å². The minimum atomic E-state index is -3.63. The molecular weight excluding hydrogens is 235 g/mol. The maximum Gasteiger partial charge on any atom is 0.240 e. The van der Waals surface area contributed by atoms with Crippen molar-refractivity contribution in [3.8, 4) is 0 Å². The fourth-order valence-corrected chi connectivity index (χ4v) is 2.09. The number of nitrogens with one attached hydrogen (secondary N) is 1. The van der Waals surface area contributed by atoms with Gasteiger partial charge in [-0.2, -0.15) is 0 Å². The van der Waals surface area contributed by atoms with Crippen molar-refractivity contribution in [2.24, 2.45) is 5.90 Å². The molecule has 1 atom stereocenters. The Morgan fingerprint density at radius 2 is 2.00 bits per heavy atom. The average molecular weight is 248 g/mol. The molecule has 90 valence electrons. The molecule has 0 saturated carbocycles. The normalized spacial score (nSPS) is 13.7. The summed E-state index contributed by atoms with van der Waals surface area (Å²) in [6.45, 7) is 1.67. The Bertz CT molecular complexity index is 433. The van der Waals surface area contributed by atoms with E-state index in [0.29, 0.717) is 0 Å². The van der Waals surface area contributed by atoms with Crippen LogP contribution >= 0.6 is 0 Å². The van der Waals surface area contributed by atoms with Crippen molar-refractivity contribution in [1.82, 2.24) is 4.72 Å². The molecule has 0 radical (unpaired) electrons. The van der Waals surface area contributed by atoms with Crippen LogP contribution in [0.4, 0.5) is 4.39 Å². The van der Waals surface area contributed by atoms with Crippen molar-refractivity contribution < 1.29 is 17.6 Å². The van der Waals surface area contributed by atoms with Crippen LogP contribution in [0.5, 0.6) is 0 Å². The predicted molar refractivity (Wildman–Crippen MR) is 56.3 cm³/mol. The summed E-state index contributed by atoms with van der Waals surface area (Å²) in [6.07, 6.45) is -0.435. The van der Waals surface area contributed by atoms with E-state index < -0.39 is 21.9 Å². The lowest BCUT2D eigenvalue weighted by molar-refractivity contribution is 0.0702. The van der Waals surface area contributed by atoms with Crippen LogP contribution < -0.4 is 10.6 Å². The zero-order chi connectivity index (χ0) is 12.2. The third-order valence-electron chi connectivity index (χ3n) is 1.92. The minimum Gasteiger partial charge on any atom is -0.300 e. The van der Waals surface area contributed by atoms with Gasteiger partial charge in [-0.25, -0.2) is 23.4 Å². The summed E-state index contributed by atoms with van der Waals surface area (Å²) >= 11 is 0. The highest BCUT2D eigenvalue weighted by atomic mass is 32.2. The number of rotatable bonds is 5. The first kappa shape index (κ1) is 13.0. The minimum absolute atomic E-state index is 0.00174. The highest BCUT2D eigenvalue weighted by Crippen LogP contribution is 2.09. The smallest absolute Gasteiger partial charge is 0.240 e. The SMILES string of the molecule is CC(CNS(=O)(=O)c1ccc(F)cc1)ON. The van der Waals surface area contributed by atoms with Gasteiger partial charge in [-0.1, -0.05) is 0 Å². The fourth-order valence-electron chi connectivity index (χ4n) is 0.972. The first-order valence-corrected chi connectivity index (χ1v) is 6.05. The molecule has 7 heteroatoms. The van der Waals surface area contributed by atoms with Gasteiger partial charge in [0.15, 0.2) is 0 Å². The Balaban J connectivity index is 2.74. The molecular formula is C9H13FN2O3S. The summed E-state index contributed by atoms with van der Waals surface area (Å²) in [7, 11) is -3.63. The van der Waals surface area contributed by atoms with Gasteiger partial charge in [-0.05, 0) is 31.2 Å². The molecule has 0 aliphatic rings. The molecule has 0 spiro atoms. The first-order valence-electron chi connectivity index (χ1n) is 4.56. The second-order valence-corrected chi connectivity index (χ2v) is 5.02. The van der Waals surface area contributed by atoms with Gasteiger partial charge in [-0.3, -0.25) is 0 Å². The molecule has 1 unspecified atom stereocenters. The van der Waals surface area contributed by atoms with E-state index in [1.165, 1.54) is 12.1 Å². The molecule has 1 aromatic carbocycles. The van der Waals surface area contributed by atoms with Crippen LogP contribution in [-0.4, -0.2) is 21.1 Å². The van der Waals surface area contributed by atoms with E-state index in [0.717, 1.165) is 12.1 Å².